The molecule has 2 heteroatoms. The van der Waals surface area contributed by atoms with Gasteiger partial charge in [-0.05, 0) is 87.1 Å². The minimum Gasteiger partial charge on any atom is -0.252 e. The Morgan fingerprint density at radius 3 is 0.794 bits per heavy atom. The Morgan fingerprint density at radius 2 is 0.515 bits per heavy atom. The summed E-state index contributed by atoms with van der Waals surface area (Å²) in [5.41, 5.74) is 6.48. The molecule has 0 spiro atoms. The van der Waals surface area contributed by atoms with Gasteiger partial charge in [-0.1, -0.05) is 283 Å². The van der Waals surface area contributed by atoms with E-state index in [9.17, 15) is 0 Å². The van der Waals surface area contributed by atoms with E-state index in [1.165, 1.54) is 238 Å². The monoisotopic (exact) mass is 929 g/mol. The fourth-order valence-electron chi connectivity index (χ4n) is 9.35. The van der Waals surface area contributed by atoms with E-state index in [1.807, 2.05) is 0 Å². The second kappa shape index (κ2) is 47.6. The van der Waals surface area contributed by atoms with Crippen LogP contribution in [0.1, 0.15) is 321 Å². The van der Waals surface area contributed by atoms with Gasteiger partial charge in [0.25, 0.3) is 0 Å². The molecule has 0 bridgehead atoms. The normalized spacial score (nSPS) is 11.7. The van der Waals surface area contributed by atoms with Gasteiger partial charge in [0, 0.05) is 24.0 Å². The van der Waals surface area contributed by atoms with Gasteiger partial charge in [-0.3, -0.25) is 9.98 Å². The second-order valence-electron chi connectivity index (χ2n) is 20.5. The highest BCUT2D eigenvalue weighted by Gasteiger charge is 2.11. The maximum absolute atomic E-state index is 5.31. The summed E-state index contributed by atoms with van der Waals surface area (Å²) in [5, 5.41) is 0. The first-order chi connectivity index (χ1) is 33.7. The van der Waals surface area contributed by atoms with Gasteiger partial charge < -0.3 is 0 Å². The summed E-state index contributed by atoms with van der Waals surface area (Å²) < 4.78 is 0. The molecule has 0 aliphatic heterocycles. The highest BCUT2D eigenvalue weighted by molar-refractivity contribution is 6.43. The number of benzene rings is 2. The van der Waals surface area contributed by atoms with E-state index in [2.05, 4.69) is 99.9 Å². The molecule has 2 aromatic carbocycles. The van der Waals surface area contributed by atoms with E-state index < -0.39 is 0 Å². The van der Waals surface area contributed by atoms with E-state index in [0.717, 1.165) is 78.9 Å². The molecule has 68 heavy (non-hydrogen) atoms. The summed E-state index contributed by atoms with van der Waals surface area (Å²) in [4.78, 5) is 10.6. The highest BCUT2D eigenvalue weighted by Crippen LogP contribution is 2.22. The van der Waals surface area contributed by atoms with Gasteiger partial charge in [-0.2, -0.15) is 0 Å². The van der Waals surface area contributed by atoms with E-state index in [4.69, 9.17) is 9.98 Å². The third-order valence-corrected chi connectivity index (χ3v) is 13.9. The lowest BCUT2D eigenvalue weighted by molar-refractivity contribution is 0.530. The molecule has 0 aromatic heterocycles. The van der Waals surface area contributed by atoms with Crippen LogP contribution in [-0.2, 0) is 0 Å². The van der Waals surface area contributed by atoms with Crippen LogP contribution in [0.5, 0.6) is 0 Å². The molecule has 0 saturated heterocycles. The molecule has 0 saturated carbocycles. The quantitative estimate of drug-likeness (QED) is 0.0359. The zero-order valence-electron chi connectivity index (χ0n) is 45.6. The van der Waals surface area contributed by atoms with E-state index >= 15 is 0 Å². The van der Waals surface area contributed by atoms with Crippen LogP contribution >= 0.6 is 0 Å². The molecule has 0 aliphatic carbocycles. The van der Waals surface area contributed by atoms with Gasteiger partial charge in [0.1, 0.15) is 0 Å². The van der Waals surface area contributed by atoms with Crippen molar-refractivity contribution in [1.82, 2.24) is 0 Å². The molecular weight excluding hydrogens is 821 g/mol. The molecule has 2 nitrogen and oxygen atoms in total. The first-order valence-corrected chi connectivity index (χ1v) is 30.0. The van der Waals surface area contributed by atoms with Crippen molar-refractivity contribution in [3.05, 3.63) is 59.7 Å². The number of hydrogen-bond acceptors (Lipinski definition) is 2. The molecule has 0 atom stereocenters. The molecule has 0 fully saturated rings. The van der Waals surface area contributed by atoms with Gasteiger partial charge >= 0.3 is 0 Å². The molecule has 0 radical (unpaired) electrons. The van der Waals surface area contributed by atoms with Crippen LogP contribution in [0.15, 0.2) is 58.5 Å². The Kier molecular flexibility index (Phi) is 42.7. The molecule has 0 unspecified atom stereocenters. The van der Waals surface area contributed by atoms with E-state index in [-0.39, 0.29) is 0 Å². The summed E-state index contributed by atoms with van der Waals surface area (Å²) in [5.74, 6) is 13.8. The summed E-state index contributed by atoms with van der Waals surface area (Å²) >= 11 is 0. The van der Waals surface area contributed by atoms with Crippen LogP contribution in [0.4, 0.5) is 11.4 Å². The lowest BCUT2D eigenvalue weighted by atomic mass is 10.0. The SMILES string of the molecule is CCCCCCCCCCCCCCCCCCC#Cc1ccc(N=C(CCCC)C(CCCCCCCC)=Nc2ccc(C#CCCCCCCCCCCCCCCCCCC)cc2)cc1. The van der Waals surface area contributed by atoms with Crippen LogP contribution in [0.2, 0.25) is 0 Å². The average molecular weight is 930 g/mol. The third-order valence-electron chi connectivity index (χ3n) is 13.9. The minimum absolute atomic E-state index is 0.953. The number of hydrogen-bond donors (Lipinski definition) is 0. The lowest BCUT2D eigenvalue weighted by Crippen LogP contribution is -2.14. The summed E-state index contributed by atoms with van der Waals surface area (Å²) in [6, 6.07) is 17.2. The molecule has 0 amide bonds. The predicted molar refractivity (Wildman–Crippen MR) is 307 cm³/mol. The molecular formula is C66H108N2. The first kappa shape index (κ1) is 61.0. The minimum atomic E-state index is 0.953. The van der Waals surface area contributed by atoms with Crippen molar-refractivity contribution in [2.45, 2.75) is 310 Å². The summed E-state index contributed by atoms with van der Waals surface area (Å²) in [6.45, 7) is 9.17. The number of aliphatic imine (C=N–C) groups is 2. The molecule has 2 aromatic rings. The molecule has 2 rings (SSSR count). The van der Waals surface area contributed by atoms with Crippen LogP contribution in [-0.4, -0.2) is 11.4 Å². The molecule has 382 valence electrons. The fraction of sp³-hybridized carbons (Fsp3) is 0.727. The summed E-state index contributed by atoms with van der Waals surface area (Å²) in [7, 11) is 0. The van der Waals surface area contributed by atoms with Crippen molar-refractivity contribution in [2.24, 2.45) is 9.98 Å². The van der Waals surface area contributed by atoms with Crippen LogP contribution in [0.3, 0.4) is 0 Å². The number of rotatable bonds is 45. The van der Waals surface area contributed by atoms with Gasteiger partial charge in [0.15, 0.2) is 0 Å². The Hall–Kier alpha value is -3.10. The van der Waals surface area contributed by atoms with Crippen molar-refractivity contribution in [1.29, 1.82) is 0 Å². The van der Waals surface area contributed by atoms with Gasteiger partial charge in [-0.25, -0.2) is 0 Å². The van der Waals surface area contributed by atoms with Gasteiger partial charge in [0.2, 0.25) is 0 Å². The van der Waals surface area contributed by atoms with Crippen LogP contribution in [0.25, 0.3) is 0 Å². The highest BCUT2D eigenvalue weighted by atomic mass is 14.8. The number of nitrogens with zero attached hydrogens (tertiary/aromatic N) is 2. The predicted octanol–water partition coefficient (Wildman–Crippen LogP) is 22.5. The third kappa shape index (κ3) is 36.8. The Balaban J connectivity index is 1.80. The average Bonchev–Trinajstić information content (AvgIpc) is 3.36. The zero-order chi connectivity index (χ0) is 48.5. The molecule has 0 N–H and O–H groups in total. The van der Waals surface area contributed by atoms with Crippen molar-refractivity contribution >= 4 is 22.8 Å². The Bertz CT molecular complexity index is 1590. The van der Waals surface area contributed by atoms with Crippen LogP contribution in [0, 0.1) is 23.7 Å². The zero-order valence-corrected chi connectivity index (χ0v) is 45.6. The maximum atomic E-state index is 5.31. The fourth-order valence-corrected chi connectivity index (χ4v) is 9.35. The van der Waals surface area contributed by atoms with Gasteiger partial charge in [-0.15, -0.1) is 0 Å². The Morgan fingerprint density at radius 1 is 0.279 bits per heavy atom. The largest absolute Gasteiger partial charge is 0.252 e. The van der Waals surface area contributed by atoms with Crippen molar-refractivity contribution in [3.8, 4) is 23.7 Å². The van der Waals surface area contributed by atoms with Gasteiger partial charge in [0.05, 0.1) is 22.8 Å². The molecule has 0 aliphatic rings. The summed E-state index contributed by atoms with van der Waals surface area (Å²) in [6.07, 6.45) is 58.7. The topological polar surface area (TPSA) is 24.7 Å². The van der Waals surface area contributed by atoms with Crippen molar-refractivity contribution in [2.75, 3.05) is 0 Å². The van der Waals surface area contributed by atoms with E-state index in [0.29, 0.717) is 0 Å². The molecule has 0 heterocycles. The van der Waals surface area contributed by atoms with Crippen molar-refractivity contribution < 1.29 is 0 Å². The standard InChI is InChI=1S/C66H108N2/c1-5-9-13-16-19-21-23-25-27-29-31-33-35-37-39-41-43-46-49-61-53-57-63(58-54-61)67-65(51-12-8-4)66(52-48-45-18-15-11-7-3)68-64-59-55-62(56-60-64)50-47-44-42-40-38-36-34-32-30-28-26-24-22-20-17-14-10-6-2/h53-60H,5-45,48,51-52H2,1-4H3. The Labute approximate surface area is 424 Å². The lowest BCUT2D eigenvalue weighted by Gasteiger charge is -2.12. The second-order valence-corrected chi connectivity index (χ2v) is 20.5. The van der Waals surface area contributed by atoms with Crippen LogP contribution < -0.4 is 0 Å². The first-order valence-electron chi connectivity index (χ1n) is 30.0. The van der Waals surface area contributed by atoms with Crippen molar-refractivity contribution in [3.63, 3.8) is 0 Å². The smallest absolute Gasteiger partial charge is 0.0634 e. The van der Waals surface area contributed by atoms with E-state index in [1.54, 1.807) is 0 Å². The number of unbranched alkanes of at least 4 members (excludes halogenated alkanes) is 38. The maximum Gasteiger partial charge on any atom is 0.0634 e.